The van der Waals surface area contributed by atoms with Gasteiger partial charge in [-0.3, -0.25) is 14.6 Å². The number of carbonyl (C=O) groups excluding carboxylic acids is 1. The number of piperidine rings is 1. The fourth-order valence-corrected chi connectivity index (χ4v) is 2.95. The second kappa shape index (κ2) is 6.92. The van der Waals surface area contributed by atoms with Crippen molar-refractivity contribution in [2.24, 2.45) is 0 Å². The van der Waals surface area contributed by atoms with Crippen molar-refractivity contribution in [3.05, 3.63) is 45.5 Å². The van der Waals surface area contributed by atoms with E-state index in [-0.39, 0.29) is 23.5 Å². The highest BCUT2D eigenvalue weighted by Gasteiger charge is 2.26. The Morgan fingerprint density at radius 3 is 2.68 bits per heavy atom. The molecule has 1 unspecified atom stereocenters. The fraction of sp³-hybridized carbons (Fsp3) is 0.412. The molecule has 132 valence electrons. The van der Waals surface area contributed by atoms with Crippen LogP contribution in [0.1, 0.15) is 34.6 Å². The molecule has 25 heavy (non-hydrogen) atoms. The minimum absolute atomic E-state index is 0.157. The van der Waals surface area contributed by atoms with E-state index in [2.05, 4.69) is 15.0 Å². The highest BCUT2D eigenvalue weighted by molar-refractivity contribution is 5.94. The van der Waals surface area contributed by atoms with Crippen molar-refractivity contribution in [2.45, 2.75) is 32.8 Å². The van der Waals surface area contributed by atoms with E-state index in [9.17, 15) is 14.7 Å². The van der Waals surface area contributed by atoms with E-state index < -0.39 is 5.56 Å². The Hall–Kier alpha value is -2.90. The Balaban J connectivity index is 1.72. The minimum atomic E-state index is -0.517. The summed E-state index contributed by atoms with van der Waals surface area (Å²) in [7, 11) is 0. The summed E-state index contributed by atoms with van der Waals surface area (Å²) >= 11 is 0. The molecule has 1 aliphatic rings. The second-order valence-corrected chi connectivity index (χ2v) is 6.19. The lowest BCUT2D eigenvalue weighted by molar-refractivity contribution is 0.0514. The van der Waals surface area contributed by atoms with Crippen LogP contribution in [0.2, 0.25) is 0 Å². The van der Waals surface area contributed by atoms with Crippen molar-refractivity contribution in [3.63, 3.8) is 0 Å². The van der Waals surface area contributed by atoms with Crippen LogP contribution in [0.5, 0.6) is 11.9 Å². The molecule has 2 N–H and O–H groups in total. The van der Waals surface area contributed by atoms with E-state index in [1.165, 1.54) is 12.1 Å². The van der Waals surface area contributed by atoms with Crippen LogP contribution in [0, 0.1) is 13.8 Å². The van der Waals surface area contributed by atoms with Gasteiger partial charge in [-0.05, 0) is 32.8 Å². The second-order valence-electron chi connectivity index (χ2n) is 6.19. The third-order valence-corrected chi connectivity index (χ3v) is 3.98. The highest BCUT2D eigenvalue weighted by atomic mass is 16.5. The molecule has 1 atom stereocenters. The fourth-order valence-electron chi connectivity index (χ4n) is 2.95. The van der Waals surface area contributed by atoms with Crippen LogP contribution < -0.4 is 10.3 Å². The molecule has 2 aromatic heterocycles. The minimum Gasteiger partial charge on any atom is -0.494 e. The van der Waals surface area contributed by atoms with Crippen LogP contribution in [0.15, 0.2) is 23.0 Å². The van der Waals surface area contributed by atoms with Gasteiger partial charge >= 0.3 is 6.01 Å². The first-order valence-corrected chi connectivity index (χ1v) is 8.12. The van der Waals surface area contributed by atoms with Gasteiger partial charge in [0.1, 0.15) is 6.10 Å². The average molecular weight is 344 g/mol. The van der Waals surface area contributed by atoms with Crippen molar-refractivity contribution in [2.75, 3.05) is 13.1 Å². The summed E-state index contributed by atoms with van der Waals surface area (Å²) in [5.41, 5.74) is 1.29. The molecular formula is C17H20N4O4. The first-order chi connectivity index (χ1) is 11.9. The van der Waals surface area contributed by atoms with Gasteiger partial charge in [0.25, 0.3) is 11.5 Å². The number of aromatic amines is 1. The van der Waals surface area contributed by atoms with Crippen molar-refractivity contribution >= 4 is 5.91 Å². The van der Waals surface area contributed by atoms with Crippen LogP contribution in [0.3, 0.4) is 0 Å². The normalized spacial score (nSPS) is 17.4. The van der Waals surface area contributed by atoms with Crippen molar-refractivity contribution in [1.29, 1.82) is 0 Å². The quantitative estimate of drug-likeness (QED) is 0.865. The van der Waals surface area contributed by atoms with Gasteiger partial charge in [0.15, 0.2) is 5.88 Å². The maximum atomic E-state index is 12.6. The van der Waals surface area contributed by atoms with Gasteiger partial charge in [-0.25, -0.2) is 9.97 Å². The number of nitrogens with zero attached hydrogens (tertiary/aromatic N) is 3. The standard InChI is InChI=1S/C17H20N4O4/c1-10-6-11(2)19-17(18-10)25-13-4-3-5-21(9-13)16(24)12-7-14(22)20-15(23)8-12/h6-8,13H,3-5,9H2,1-2H3,(H2,20,22,23). The zero-order chi connectivity index (χ0) is 18.0. The van der Waals surface area contributed by atoms with E-state index >= 15 is 0 Å². The SMILES string of the molecule is Cc1cc(C)nc(OC2CCCN(C(=O)c3cc(O)[nH]c(=O)c3)C2)n1. The molecule has 1 saturated heterocycles. The molecule has 0 bridgehead atoms. The van der Waals surface area contributed by atoms with Crippen LogP contribution in [0.25, 0.3) is 0 Å². The Kier molecular flexibility index (Phi) is 4.69. The molecule has 8 heteroatoms. The maximum absolute atomic E-state index is 12.6. The number of carbonyl (C=O) groups is 1. The predicted octanol–water partition coefficient (Wildman–Crippen LogP) is 1.17. The first kappa shape index (κ1) is 16.9. The van der Waals surface area contributed by atoms with Crippen LogP contribution in [0.4, 0.5) is 0 Å². The number of rotatable bonds is 3. The van der Waals surface area contributed by atoms with Gasteiger partial charge in [0.2, 0.25) is 0 Å². The third kappa shape index (κ3) is 4.14. The topological polar surface area (TPSA) is 108 Å². The van der Waals surface area contributed by atoms with Gasteiger partial charge in [-0.2, -0.15) is 0 Å². The Morgan fingerprint density at radius 1 is 1.28 bits per heavy atom. The van der Waals surface area contributed by atoms with Gasteiger partial charge < -0.3 is 14.7 Å². The number of hydrogen-bond donors (Lipinski definition) is 2. The summed E-state index contributed by atoms with van der Waals surface area (Å²) in [6.45, 7) is 4.69. The van der Waals surface area contributed by atoms with E-state index in [0.29, 0.717) is 19.1 Å². The summed E-state index contributed by atoms with van der Waals surface area (Å²) in [5, 5.41) is 9.47. The average Bonchev–Trinajstić information content (AvgIpc) is 2.52. The largest absolute Gasteiger partial charge is 0.494 e. The molecule has 3 heterocycles. The monoisotopic (exact) mass is 344 g/mol. The molecule has 0 radical (unpaired) electrons. The van der Waals surface area contributed by atoms with Crippen LogP contribution >= 0.6 is 0 Å². The number of aromatic nitrogens is 3. The third-order valence-electron chi connectivity index (χ3n) is 3.98. The highest BCUT2D eigenvalue weighted by Crippen LogP contribution is 2.18. The van der Waals surface area contributed by atoms with Gasteiger partial charge in [-0.15, -0.1) is 0 Å². The Bertz CT molecular complexity index is 829. The molecule has 2 aromatic rings. The van der Waals surface area contributed by atoms with E-state index in [1.54, 1.807) is 4.90 Å². The number of pyridine rings is 1. The predicted molar refractivity (Wildman–Crippen MR) is 89.8 cm³/mol. The molecule has 1 fully saturated rings. The molecule has 8 nitrogen and oxygen atoms in total. The summed E-state index contributed by atoms with van der Waals surface area (Å²) < 4.78 is 5.85. The Morgan fingerprint density at radius 2 is 2.00 bits per heavy atom. The number of aromatic hydroxyl groups is 1. The van der Waals surface area contributed by atoms with Crippen LogP contribution in [-0.2, 0) is 0 Å². The zero-order valence-corrected chi connectivity index (χ0v) is 14.2. The zero-order valence-electron chi connectivity index (χ0n) is 14.2. The van der Waals surface area contributed by atoms with Crippen molar-refractivity contribution in [3.8, 4) is 11.9 Å². The number of hydrogen-bond acceptors (Lipinski definition) is 6. The van der Waals surface area contributed by atoms with Crippen LogP contribution in [-0.4, -0.2) is 50.1 Å². The van der Waals surface area contributed by atoms with E-state index in [4.69, 9.17) is 4.74 Å². The lowest BCUT2D eigenvalue weighted by atomic mass is 10.1. The van der Waals surface area contributed by atoms with Gasteiger partial charge in [0, 0.05) is 30.1 Å². The summed E-state index contributed by atoms with van der Waals surface area (Å²) in [6.07, 6.45) is 1.35. The van der Waals surface area contributed by atoms with Gasteiger partial charge in [0.05, 0.1) is 12.1 Å². The lowest BCUT2D eigenvalue weighted by Crippen LogP contribution is -2.44. The summed E-state index contributed by atoms with van der Waals surface area (Å²) in [4.78, 5) is 36.4. The number of ether oxygens (including phenoxy) is 1. The molecule has 1 aliphatic heterocycles. The molecule has 3 rings (SSSR count). The van der Waals surface area contributed by atoms with E-state index in [1.807, 2.05) is 19.9 Å². The molecule has 1 amide bonds. The molecule has 0 saturated carbocycles. The first-order valence-electron chi connectivity index (χ1n) is 8.12. The lowest BCUT2D eigenvalue weighted by Gasteiger charge is -2.32. The summed E-state index contributed by atoms with van der Waals surface area (Å²) in [5.74, 6) is -0.639. The van der Waals surface area contributed by atoms with Gasteiger partial charge in [-0.1, -0.05) is 0 Å². The summed E-state index contributed by atoms with van der Waals surface area (Å²) in [6, 6.07) is 4.61. The van der Waals surface area contributed by atoms with Crippen molar-refractivity contribution < 1.29 is 14.6 Å². The molecule has 0 aromatic carbocycles. The number of aryl methyl sites for hydroxylation is 2. The van der Waals surface area contributed by atoms with Crippen molar-refractivity contribution in [1.82, 2.24) is 19.9 Å². The number of nitrogens with one attached hydrogen (secondary N) is 1. The Labute approximate surface area is 144 Å². The number of likely N-dealkylation sites (tertiary alicyclic amines) is 1. The molecular weight excluding hydrogens is 324 g/mol. The smallest absolute Gasteiger partial charge is 0.317 e. The molecule has 0 aliphatic carbocycles. The number of H-pyrrole nitrogens is 1. The maximum Gasteiger partial charge on any atom is 0.317 e. The van der Waals surface area contributed by atoms with E-state index in [0.717, 1.165) is 24.2 Å². The number of amides is 1. The molecule has 0 spiro atoms.